The van der Waals surface area contributed by atoms with Gasteiger partial charge in [0.15, 0.2) is 5.76 Å². The zero-order chi connectivity index (χ0) is 14.5. The Kier molecular flexibility index (Phi) is 4.74. The quantitative estimate of drug-likeness (QED) is 0.920. The largest absolute Gasteiger partial charge is 0.359 e. The van der Waals surface area contributed by atoms with Crippen molar-refractivity contribution in [1.82, 2.24) is 15.5 Å². The second-order valence-corrected chi connectivity index (χ2v) is 5.36. The lowest BCUT2D eigenvalue weighted by atomic mass is 10.1. The molecule has 2 aromatic heterocycles. The Bertz CT molecular complexity index is 578. The van der Waals surface area contributed by atoms with E-state index in [-0.39, 0.29) is 12.5 Å². The van der Waals surface area contributed by atoms with Gasteiger partial charge in [0.05, 0.1) is 17.3 Å². The molecule has 0 saturated carbocycles. The van der Waals surface area contributed by atoms with Gasteiger partial charge in [-0.05, 0) is 24.5 Å². The summed E-state index contributed by atoms with van der Waals surface area (Å²) in [7, 11) is 0. The number of nitrogens with one attached hydrogen (secondary N) is 1. The van der Waals surface area contributed by atoms with E-state index in [1.807, 2.05) is 6.07 Å². The van der Waals surface area contributed by atoms with Crippen LogP contribution in [0.25, 0.3) is 0 Å². The maximum atomic E-state index is 11.8. The van der Waals surface area contributed by atoms with Crippen molar-refractivity contribution in [3.05, 3.63) is 46.6 Å². The Morgan fingerprint density at radius 2 is 2.25 bits per heavy atom. The maximum absolute atomic E-state index is 11.8. The molecule has 0 saturated heterocycles. The van der Waals surface area contributed by atoms with Gasteiger partial charge in [-0.3, -0.25) is 4.79 Å². The molecule has 5 nitrogen and oxygen atoms in total. The summed E-state index contributed by atoms with van der Waals surface area (Å²) in [6, 6.07) is 5.05. The molecule has 1 N–H and O–H groups in total. The summed E-state index contributed by atoms with van der Waals surface area (Å²) in [5, 5.41) is 7.18. The predicted octanol–water partition coefficient (Wildman–Crippen LogP) is 2.85. The Labute approximate surface area is 122 Å². The van der Waals surface area contributed by atoms with Gasteiger partial charge in [0.2, 0.25) is 0 Å². The average molecular weight is 294 g/mol. The molecule has 0 aliphatic heterocycles. The molecular formula is C14H16ClN3O2. The first kappa shape index (κ1) is 14.5. The van der Waals surface area contributed by atoms with Crippen LogP contribution < -0.4 is 5.32 Å². The van der Waals surface area contributed by atoms with E-state index in [1.165, 1.54) is 6.20 Å². The van der Waals surface area contributed by atoms with E-state index in [0.29, 0.717) is 22.4 Å². The lowest BCUT2D eigenvalue weighted by Crippen LogP contribution is -2.23. The topological polar surface area (TPSA) is 68.0 Å². The lowest BCUT2D eigenvalue weighted by molar-refractivity contribution is 0.0942. The molecule has 106 valence electrons. The average Bonchev–Trinajstić information content (AvgIpc) is 2.83. The predicted molar refractivity (Wildman–Crippen MR) is 75.5 cm³/mol. The highest BCUT2D eigenvalue weighted by Gasteiger charge is 2.10. The molecule has 2 aromatic rings. The molecule has 0 fully saturated rings. The summed E-state index contributed by atoms with van der Waals surface area (Å²) < 4.78 is 5.16. The smallest absolute Gasteiger partial charge is 0.270 e. The van der Waals surface area contributed by atoms with Crippen LogP contribution in [-0.2, 0) is 13.0 Å². The van der Waals surface area contributed by atoms with Crippen LogP contribution in [0.15, 0.2) is 28.9 Å². The number of amides is 1. The van der Waals surface area contributed by atoms with Crippen LogP contribution in [0.5, 0.6) is 0 Å². The van der Waals surface area contributed by atoms with Crippen molar-refractivity contribution in [2.24, 2.45) is 5.92 Å². The zero-order valence-corrected chi connectivity index (χ0v) is 12.1. The highest BCUT2D eigenvalue weighted by Crippen LogP contribution is 2.09. The van der Waals surface area contributed by atoms with Crippen LogP contribution >= 0.6 is 11.6 Å². The molecule has 0 aliphatic rings. The van der Waals surface area contributed by atoms with Crippen LogP contribution in [0.1, 0.15) is 35.8 Å². The fourth-order valence-corrected chi connectivity index (χ4v) is 1.83. The first-order valence-corrected chi connectivity index (χ1v) is 6.76. The van der Waals surface area contributed by atoms with Gasteiger partial charge in [0.1, 0.15) is 5.69 Å². The van der Waals surface area contributed by atoms with Crippen molar-refractivity contribution < 1.29 is 9.32 Å². The van der Waals surface area contributed by atoms with Crippen LogP contribution in [0.3, 0.4) is 0 Å². The minimum atomic E-state index is -0.275. The number of hydrogen-bond acceptors (Lipinski definition) is 4. The van der Waals surface area contributed by atoms with Crippen molar-refractivity contribution in [2.45, 2.75) is 26.8 Å². The number of halogens is 1. The van der Waals surface area contributed by atoms with Gasteiger partial charge in [-0.15, -0.1) is 0 Å². The van der Waals surface area contributed by atoms with E-state index in [2.05, 4.69) is 29.3 Å². The van der Waals surface area contributed by atoms with Crippen LogP contribution in [0, 0.1) is 5.92 Å². The number of carbonyl (C=O) groups is 1. The van der Waals surface area contributed by atoms with Gasteiger partial charge in [-0.1, -0.05) is 30.6 Å². The minimum absolute atomic E-state index is 0.275. The van der Waals surface area contributed by atoms with Crippen LogP contribution in [-0.4, -0.2) is 16.0 Å². The molecule has 20 heavy (non-hydrogen) atoms. The fraction of sp³-hybridized carbons (Fsp3) is 0.357. The molecule has 6 heteroatoms. The van der Waals surface area contributed by atoms with Gasteiger partial charge < -0.3 is 9.84 Å². The maximum Gasteiger partial charge on any atom is 0.270 e. The van der Waals surface area contributed by atoms with E-state index in [9.17, 15) is 4.79 Å². The molecule has 1 amide bonds. The molecule has 0 unspecified atom stereocenters. The molecule has 0 spiro atoms. The Hall–Kier alpha value is -1.88. The molecule has 0 aromatic carbocycles. The summed E-state index contributed by atoms with van der Waals surface area (Å²) in [6.45, 7) is 4.51. The highest BCUT2D eigenvalue weighted by atomic mass is 35.5. The Balaban J connectivity index is 1.90. The van der Waals surface area contributed by atoms with Crippen molar-refractivity contribution >= 4 is 17.5 Å². The van der Waals surface area contributed by atoms with E-state index >= 15 is 0 Å². The Morgan fingerprint density at radius 1 is 1.45 bits per heavy atom. The summed E-state index contributed by atoms with van der Waals surface area (Å²) in [6.07, 6.45) is 2.29. The first-order valence-electron chi connectivity index (χ1n) is 6.39. The Morgan fingerprint density at radius 3 is 2.90 bits per heavy atom. The van der Waals surface area contributed by atoms with Crippen molar-refractivity contribution in [3.8, 4) is 0 Å². The van der Waals surface area contributed by atoms with Crippen LogP contribution in [0.4, 0.5) is 0 Å². The summed E-state index contributed by atoms with van der Waals surface area (Å²) >= 11 is 5.72. The summed E-state index contributed by atoms with van der Waals surface area (Å²) in [4.78, 5) is 15.8. The molecule has 0 bridgehead atoms. The third-order valence-electron chi connectivity index (χ3n) is 2.61. The zero-order valence-electron chi connectivity index (χ0n) is 11.4. The molecule has 0 radical (unpaired) electrons. The number of nitrogens with zero attached hydrogens (tertiary/aromatic N) is 2. The normalized spacial score (nSPS) is 10.8. The summed E-state index contributed by atoms with van der Waals surface area (Å²) in [5.74, 6) is 0.868. The van der Waals surface area contributed by atoms with Crippen molar-refractivity contribution in [1.29, 1.82) is 0 Å². The third-order valence-corrected chi connectivity index (χ3v) is 2.83. The van der Waals surface area contributed by atoms with E-state index in [0.717, 1.165) is 12.1 Å². The number of pyridine rings is 1. The van der Waals surface area contributed by atoms with E-state index in [4.69, 9.17) is 16.1 Å². The molecule has 0 atom stereocenters. The third kappa shape index (κ3) is 4.06. The van der Waals surface area contributed by atoms with E-state index < -0.39 is 0 Å². The molecule has 0 aliphatic carbocycles. The van der Waals surface area contributed by atoms with Gasteiger partial charge in [-0.2, -0.15) is 0 Å². The molecule has 2 heterocycles. The van der Waals surface area contributed by atoms with E-state index in [1.54, 1.807) is 12.1 Å². The first-order chi connectivity index (χ1) is 9.54. The van der Waals surface area contributed by atoms with Gasteiger partial charge >= 0.3 is 0 Å². The van der Waals surface area contributed by atoms with Gasteiger partial charge in [0.25, 0.3) is 5.91 Å². The number of aromatic nitrogens is 2. The van der Waals surface area contributed by atoms with Crippen molar-refractivity contribution in [3.63, 3.8) is 0 Å². The number of rotatable bonds is 5. The fourth-order valence-electron chi connectivity index (χ4n) is 1.72. The number of hydrogen-bond donors (Lipinski definition) is 1. The second kappa shape index (κ2) is 6.52. The van der Waals surface area contributed by atoms with Crippen molar-refractivity contribution in [2.75, 3.05) is 0 Å². The standard InChI is InChI=1S/C14H16ClN3O2/c1-9(2)5-11-6-12(20-18-11)8-17-14(19)13-4-3-10(15)7-16-13/h3-4,6-7,9H,5,8H2,1-2H3,(H,17,19). The lowest BCUT2D eigenvalue weighted by Gasteiger charge is -2.01. The number of carbonyl (C=O) groups excluding carboxylic acids is 1. The SMILES string of the molecule is CC(C)Cc1cc(CNC(=O)c2ccc(Cl)cn2)on1. The van der Waals surface area contributed by atoms with Crippen LogP contribution in [0.2, 0.25) is 5.02 Å². The molecule has 2 rings (SSSR count). The van der Waals surface area contributed by atoms with Gasteiger partial charge in [0, 0.05) is 12.3 Å². The summed E-state index contributed by atoms with van der Waals surface area (Å²) in [5.41, 5.74) is 1.21. The minimum Gasteiger partial charge on any atom is -0.359 e. The second-order valence-electron chi connectivity index (χ2n) is 4.93. The highest BCUT2D eigenvalue weighted by molar-refractivity contribution is 6.30. The monoisotopic (exact) mass is 293 g/mol. The molecular weight excluding hydrogens is 278 g/mol. The van der Waals surface area contributed by atoms with Gasteiger partial charge in [-0.25, -0.2) is 4.98 Å².